The van der Waals surface area contributed by atoms with E-state index in [2.05, 4.69) is 15.9 Å². The number of carbonyl (C=O) groups excluding carboxylic acids is 2. The lowest BCUT2D eigenvalue weighted by atomic mass is 10.0. The van der Waals surface area contributed by atoms with Crippen molar-refractivity contribution in [3.63, 3.8) is 0 Å². The molecule has 0 N–H and O–H groups in total. The van der Waals surface area contributed by atoms with Crippen molar-refractivity contribution in [3.05, 3.63) is 101 Å². The summed E-state index contributed by atoms with van der Waals surface area (Å²) >= 11 is 3.45. The van der Waals surface area contributed by atoms with Crippen LogP contribution in [0.5, 0.6) is 0 Å². The number of pyridine rings is 1. The Hall–Kier alpha value is -3.31. The second-order valence-corrected chi connectivity index (χ2v) is 7.78. The number of halogens is 1. The lowest BCUT2D eigenvalue weighted by Crippen LogP contribution is -2.24. The van der Waals surface area contributed by atoms with Gasteiger partial charge in [0.25, 0.3) is 0 Å². The predicted octanol–water partition coefficient (Wildman–Crippen LogP) is 6.09. The minimum absolute atomic E-state index is 0.244. The fourth-order valence-corrected chi connectivity index (χ4v) is 3.60. The van der Waals surface area contributed by atoms with Gasteiger partial charge in [-0.3, -0.25) is 4.79 Å². The molecule has 0 saturated carbocycles. The van der Waals surface area contributed by atoms with Crippen molar-refractivity contribution < 1.29 is 14.3 Å². The van der Waals surface area contributed by atoms with E-state index in [1.54, 1.807) is 37.3 Å². The van der Waals surface area contributed by atoms with Crippen LogP contribution in [0.25, 0.3) is 22.2 Å². The number of nitrogens with zero attached hydrogens (tertiary/aromatic N) is 1. The second-order valence-electron chi connectivity index (χ2n) is 6.86. The molecular weight excluding hydrogens is 442 g/mol. The van der Waals surface area contributed by atoms with Crippen molar-refractivity contribution >= 4 is 38.6 Å². The first-order valence-electron chi connectivity index (χ1n) is 9.49. The van der Waals surface area contributed by atoms with Gasteiger partial charge in [0, 0.05) is 21.0 Å². The number of Topliss-reactive ketones (excluding diaryl/α,β-unsaturated/α-hetero) is 1. The molecule has 4 aromatic rings. The van der Waals surface area contributed by atoms with Crippen LogP contribution in [-0.2, 0) is 4.74 Å². The van der Waals surface area contributed by atoms with Gasteiger partial charge in [0.05, 0.1) is 16.8 Å². The number of fused-ring (bicyclic) bond motifs is 1. The summed E-state index contributed by atoms with van der Waals surface area (Å²) in [5, 5.41) is 0.661. The average Bonchev–Trinajstić information content (AvgIpc) is 2.79. The van der Waals surface area contributed by atoms with Gasteiger partial charge in [-0.2, -0.15) is 0 Å². The number of ketones is 1. The highest BCUT2D eigenvalue weighted by Crippen LogP contribution is 2.28. The molecule has 0 radical (unpaired) electrons. The normalized spacial score (nSPS) is 11.8. The molecule has 4 rings (SSSR count). The number of ether oxygens (including phenoxy) is 1. The summed E-state index contributed by atoms with van der Waals surface area (Å²) in [6.07, 6.45) is -0.907. The van der Waals surface area contributed by atoms with Crippen LogP contribution in [-0.4, -0.2) is 22.8 Å². The molecule has 0 fully saturated rings. The van der Waals surface area contributed by atoms with Gasteiger partial charge in [-0.25, -0.2) is 9.78 Å². The van der Waals surface area contributed by atoms with Crippen LogP contribution in [0.15, 0.2) is 89.4 Å². The van der Waals surface area contributed by atoms with E-state index in [1.807, 2.05) is 54.6 Å². The molecule has 0 bridgehead atoms. The lowest BCUT2D eigenvalue weighted by molar-refractivity contribution is 0.0320. The first-order valence-corrected chi connectivity index (χ1v) is 10.3. The Labute approximate surface area is 182 Å². The van der Waals surface area contributed by atoms with E-state index in [-0.39, 0.29) is 5.78 Å². The average molecular weight is 460 g/mol. The van der Waals surface area contributed by atoms with Crippen molar-refractivity contribution in [1.82, 2.24) is 4.98 Å². The molecule has 0 spiro atoms. The smallest absolute Gasteiger partial charge is 0.339 e. The van der Waals surface area contributed by atoms with Crippen molar-refractivity contribution in [3.8, 4) is 11.3 Å². The molecule has 30 heavy (non-hydrogen) atoms. The molecule has 1 heterocycles. The Morgan fingerprint density at radius 1 is 0.900 bits per heavy atom. The predicted molar refractivity (Wildman–Crippen MR) is 121 cm³/mol. The second kappa shape index (κ2) is 8.59. The zero-order valence-electron chi connectivity index (χ0n) is 16.2. The van der Waals surface area contributed by atoms with Crippen LogP contribution in [0.4, 0.5) is 0 Å². The summed E-state index contributed by atoms with van der Waals surface area (Å²) in [5.74, 6) is -0.804. The molecule has 5 heteroatoms. The first-order chi connectivity index (χ1) is 14.5. The summed E-state index contributed by atoms with van der Waals surface area (Å²) in [6.45, 7) is 1.59. The fraction of sp³-hybridized carbons (Fsp3) is 0.0800. The molecule has 148 valence electrons. The summed E-state index contributed by atoms with van der Waals surface area (Å²) in [6, 6.07) is 25.7. The topological polar surface area (TPSA) is 56.3 Å². The van der Waals surface area contributed by atoms with Crippen molar-refractivity contribution in [2.45, 2.75) is 13.0 Å². The molecule has 0 saturated heterocycles. The standard InChI is InChI=1S/C25H18BrNO3/c1-16(24(28)18-10-6-3-7-11-18)30-25(29)21-15-23(17-8-4-2-5-9-17)27-22-13-12-19(26)14-20(21)22/h2-16H,1H3/t16-/m1/s1. The highest BCUT2D eigenvalue weighted by molar-refractivity contribution is 9.10. The van der Waals surface area contributed by atoms with Crippen molar-refractivity contribution in [2.75, 3.05) is 0 Å². The summed E-state index contributed by atoms with van der Waals surface area (Å²) < 4.78 is 6.39. The van der Waals surface area contributed by atoms with Crippen LogP contribution in [0.3, 0.4) is 0 Å². The Kier molecular flexibility index (Phi) is 5.72. The van der Waals surface area contributed by atoms with E-state index in [1.165, 1.54) is 0 Å². The summed E-state index contributed by atoms with van der Waals surface area (Å²) in [7, 11) is 0. The quantitative estimate of drug-likeness (QED) is 0.267. The first kappa shape index (κ1) is 20.0. The zero-order valence-corrected chi connectivity index (χ0v) is 17.8. The van der Waals surface area contributed by atoms with E-state index >= 15 is 0 Å². The molecular formula is C25H18BrNO3. The van der Waals surface area contributed by atoms with Gasteiger partial charge in [0.1, 0.15) is 0 Å². The van der Waals surface area contributed by atoms with Crippen molar-refractivity contribution in [1.29, 1.82) is 0 Å². The Morgan fingerprint density at radius 3 is 2.27 bits per heavy atom. The minimum Gasteiger partial charge on any atom is -0.451 e. The van der Waals surface area contributed by atoms with E-state index in [4.69, 9.17) is 9.72 Å². The molecule has 1 atom stereocenters. The molecule has 0 aliphatic carbocycles. The maximum atomic E-state index is 13.1. The van der Waals surface area contributed by atoms with Gasteiger partial charge in [-0.05, 0) is 31.2 Å². The monoisotopic (exact) mass is 459 g/mol. The molecule has 1 aromatic heterocycles. The Bertz CT molecular complexity index is 1220. The molecule has 4 nitrogen and oxygen atoms in total. The molecule has 0 unspecified atom stereocenters. The number of carbonyl (C=O) groups is 2. The third-order valence-electron chi connectivity index (χ3n) is 4.77. The highest BCUT2D eigenvalue weighted by Gasteiger charge is 2.22. The van der Waals surface area contributed by atoms with Crippen LogP contribution < -0.4 is 0 Å². The number of hydrogen-bond donors (Lipinski definition) is 0. The Morgan fingerprint density at radius 2 is 1.57 bits per heavy atom. The molecule has 0 amide bonds. The summed E-state index contributed by atoms with van der Waals surface area (Å²) in [4.78, 5) is 30.4. The molecule has 0 aliphatic heterocycles. The van der Waals surface area contributed by atoms with Gasteiger partial charge in [-0.15, -0.1) is 0 Å². The maximum absolute atomic E-state index is 13.1. The van der Waals surface area contributed by atoms with Crippen LogP contribution >= 0.6 is 15.9 Å². The number of hydrogen-bond acceptors (Lipinski definition) is 4. The third kappa shape index (κ3) is 4.16. The maximum Gasteiger partial charge on any atom is 0.339 e. The van der Waals surface area contributed by atoms with Crippen LogP contribution in [0.1, 0.15) is 27.6 Å². The van der Waals surface area contributed by atoms with Gasteiger partial charge in [0.15, 0.2) is 6.10 Å². The lowest BCUT2D eigenvalue weighted by Gasteiger charge is -2.14. The largest absolute Gasteiger partial charge is 0.451 e. The van der Waals surface area contributed by atoms with E-state index < -0.39 is 12.1 Å². The van der Waals surface area contributed by atoms with Crippen molar-refractivity contribution in [2.24, 2.45) is 0 Å². The number of esters is 1. The SMILES string of the molecule is C[C@@H](OC(=O)c1cc(-c2ccccc2)nc2ccc(Br)cc12)C(=O)c1ccccc1. The van der Waals surface area contributed by atoms with E-state index in [9.17, 15) is 9.59 Å². The van der Waals surface area contributed by atoms with Gasteiger partial charge in [-0.1, -0.05) is 76.6 Å². The zero-order chi connectivity index (χ0) is 21.1. The minimum atomic E-state index is -0.907. The van der Waals surface area contributed by atoms with E-state index in [0.717, 1.165) is 10.0 Å². The van der Waals surface area contributed by atoms with E-state index in [0.29, 0.717) is 27.7 Å². The highest BCUT2D eigenvalue weighted by atomic mass is 79.9. The Balaban J connectivity index is 1.72. The fourth-order valence-electron chi connectivity index (χ4n) is 3.24. The third-order valence-corrected chi connectivity index (χ3v) is 5.26. The van der Waals surface area contributed by atoms with Gasteiger partial charge < -0.3 is 4.74 Å². The molecule has 0 aliphatic rings. The van der Waals surface area contributed by atoms with Gasteiger partial charge in [0.2, 0.25) is 5.78 Å². The van der Waals surface area contributed by atoms with Crippen LogP contribution in [0, 0.1) is 0 Å². The number of rotatable bonds is 5. The summed E-state index contributed by atoms with van der Waals surface area (Å²) in [5.41, 5.74) is 3.11. The molecule has 3 aromatic carbocycles. The number of benzene rings is 3. The van der Waals surface area contributed by atoms with Gasteiger partial charge >= 0.3 is 5.97 Å². The number of aromatic nitrogens is 1. The van der Waals surface area contributed by atoms with Crippen LogP contribution in [0.2, 0.25) is 0 Å².